The lowest BCUT2D eigenvalue weighted by Gasteiger charge is -2.38. The fraction of sp³-hybridized carbons (Fsp3) is 0.435. The number of hydrogen-bond acceptors (Lipinski definition) is 3. The van der Waals surface area contributed by atoms with E-state index >= 15 is 0 Å². The molecule has 3 rings (SSSR count). The van der Waals surface area contributed by atoms with Gasteiger partial charge in [-0.3, -0.25) is 9.89 Å². The molecule has 5 nitrogen and oxygen atoms in total. The van der Waals surface area contributed by atoms with Crippen LogP contribution in [0.5, 0.6) is 5.75 Å². The summed E-state index contributed by atoms with van der Waals surface area (Å²) in [7, 11) is 1.71. The minimum absolute atomic E-state index is 0.179. The van der Waals surface area contributed by atoms with Crippen molar-refractivity contribution in [3.05, 3.63) is 65.7 Å². The largest absolute Gasteiger partial charge is 0.434 e. The van der Waals surface area contributed by atoms with Crippen molar-refractivity contribution in [1.82, 2.24) is 15.5 Å². The lowest BCUT2D eigenvalue weighted by atomic mass is 9.97. The zero-order chi connectivity index (χ0) is 21.3. The van der Waals surface area contributed by atoms with Gasteiger partial charge in [-0.2, -0.15) is 8.78 Å². The van der Waals surface area contributed by atoms with Crippen LogP contribution in [0.1, 0.15) is 30.9 Å². The fourth-order valence-corrected chi connectivity index (χ4v) is 3.83. The average Bonchev–Trinajstić information content (AvgIpc) is 2.74. The Bertz CT molecular complexity index is 816. The van der Waals surface area contributed by atoms with E-state index in [2.05, 4.69) is 56.5 Å². The summed E-state index contributed by atoms with van der Waals surface area (Å²) in [5.41, 5.74) is 1.99. The molecule has 2 aromatic carbocycles. The van der Waals surface area contributed by atoms with Crippen molar-refractivity contribution in [3.8, 4) is 5.75 Å². The molecule has 0 saturated carbocycles. The maximum atomic E-state index is 12.6. The zero-order valence-electron chi connectivity index (χ0n) is 17.5. The van der Waals surface area contributed by atoms with E-state index < -0.39 is 6.61 Å². The Labute approximate surface area is 177 Å². The quantitative estimate of drug-likeness (QED) is 0.529. The monoisotopic (exact) mass is 416 g/mol. The van der Waals surface area contributed by atoms with E-state index in [1.54, 1.807) is 31.3 Å². The number of ether oxygens (including phenoxy) is 1. The lowest BCUT2D eigenvalue weighted by molar-refractivity contribution is -0.0504. The van der Waals surface area contributed by atoms with Crippen molar-refractivity contribution in [2.45, 2.75) is 51.6 Å². The number of aliphatic imine (C=N–C) groups is 1. The predicted octanol–water partition coefficient (Wildman–Crippen LogP) is 4.01. The van der Waals surface area contributed by atoms with E-state index in [-0.39, 0.29) is 5.75 Å². The number of hydrogen-bond donors (Lipinski definition) is 2. The molecule has 0 amide bonds. The summed E-state index contributed by atoms with van der Waals surface area (Å²) < 4.78 is 29.8. The van der Waals surface area contributed by atoms with Gasteiger partial charge in [0.25, 0.3) is 0 Å². The van der Waals surface area contributed by atoms with E-state index in [0.717, 1.165) is 25.9 Å². The molecular formula is C23H30F2N4O. The topological polar surface area (TPSA) is 48.9 Å². The third kappa shape index (κ3) is 6.42. The van der Waals surface area contributed by atoms with E-state index in [1.165, 1.54) is 5.56 Å². The molecule has 2 atom stereocenters. The minimum Gasteiger partial charge on any atom is -0.434 e. The molecule has 2 unspecified atom stereocenters. The van der Waals surface area contributed by atoms with Crippen LogP contribution < -0.4 is 15.4 Å². The molecule has 0 spiro atoms. The van der Waals surface area contributed by atoms with Crippen LogP contribution >= 0.6 is 0 Å². The second kappa shape index (κ2) is 10.9. The molecule has 7 heteroatoms. The molecule has 0 bridgehead atoms. The minimum atomic E-state index is -2.84. The maximum absolute atomic E-state index is 12.6. The molecule has 2 N–H and O–H groups in total. The van der Waals surface area contributed by atoms with Gasteiger partial charge in [-0.15, -0.1) is 0 Å². The van der Waals surface area contributed by atoms with Crippen LogP contribution in [0.3, 0.4) is 0 Å². The third-order valence-corrected chi connectivity index (χ3v) is 5.44. The Hall–Kier alpha value is -2.67. The van der Waals surface area contributed by atoms with Crippen molar-refractivity contribution in [1.29, 1.82) is 0 Å². The van der Waals surface area contributed by atoms with Crippen LogP contribution in [0.25, 0.3) is 0 Å². The number of rotatable bonds is 7. The van der Waals surface area contributed by atoms with Crippen molar-refractivity contribution in [2.24, 2.45) is 4.99 Å². The molecule has 0 aromatic heterocycles. The number of likely N-dealkylation sites (tertiary alicyclic amines) is 1. The summed E-state index contributed by atoms with van der Waals surface area (Å²) in [6.07, 6.45) is 2.03. The first-order valence-electron chi connectivity index (χ1n) is 10.3. The van der Waals surface area contributed by atoms with Crippen molar-refractivity contribution >= 4 is 5.96 Å². The molecule has 1 aliphatic heterocycles. The van der Waals surface area contributed by atoms with Crippen LogP contribution in [-0.4, -0.2) is 43.1 Å². The molecule has 1 saturated heterocycles. The molecule has 1 fully saturated rings. The Balaban J connectivity index is 1.50. The summed E-state index contributed by atoms with van der Waals surface area (Å²) >= 11 is 0. The Morgan fingerprint density at radius 2 is 1.90 bits per heavy atom. The van der Waals surface area contributed by atoms with Crippen LogP contribution in [0, 0.1) is 0 Å². The number of guanidine groups is 1. The highest BCUT2D eigenvalue weighted by Crippen LogP contribution is 2.21. The number of nitrogens with one attached hydrogen (secondary N) is 2. The van der Waals surface area contributed by atoms with E-state index in [0.29, 0.717) is 30.2 Å². The first-order chi connectivity index (χ1) is 14.5. The predicted molar refractivity (Wildman–Crippen MR) is 116 cm³/mol. The SMILES string of the molecule is CN=C(NCc1ccccc1OC(F)F)NC1CCN(Cc2ccccc2)C(C)C1. The van der Waals surface area contributed by atoms with Crippen molar-refractivity contribution < 1.29 is 13.5 Å². The number of piperidine rings is 1. The summed E-state index contributed by atoms with van der Waals surface area (Å²) in [5, 5.41) is 6.69. The second-order valence-electron chi connectivity index (χ2n) is 7.58. The molecule has 1 heterocycles. The van der Waals surface area contributed by atoms with Gasteiger partial charge in [0.15, 0.2) is 5.96 Å². The number of para-hydroxylation sites is 1. The highest BCUT2D eigenvalue weighted by atomic mass is 19.3. The van der Waals surface area contributed by atoms with Gasteiger partial charge in [-0.05, 0) is 31.4 Å². The van der Waals surface area contributed by atoms with E-state index in [1.807, 2.05) is 6.07 Å². The maximum Gasteiger partial charge on any atom is 0.387 e. The fourth-order valence-electron chi connectivity index (χ4n) is 3.83. The van der Waals surface area contributed by atoms with Gasteiger partial charge >= 0.3 is 6.61 Å². The van der Waals surface area contributed by atoms with Gasteiger partial charge in [-0.25, -0.2) is 0 Å². The van der Waals surface area contributed by atoms with Crippen molar-refractivity contribution in [3.63, 3.8) is 0 Å². The first-order valence-corrected chi connectivity index (χ1v) is 10.3. The van der Waals surface area contributed by atoms with Crippen LogP contribution in [0.4, 0.5) is 8.78 Å². The molecule has 2 aromatic rings. The Morgan fingerprint density at radius 3 is 2.60 bits per heavy atom. The van der Waals surface area contributed by atoms with Crippen LogP contribution in [-0.2, 0) is 13.1 Å². The van der Waals surface area contributed by atoms with Gasteiger partial charge < -0.3 is 15.4 Å². The van der Waals surface area contributed by atoms with Crippen LogP contribution in [0.15, 0.2) is 59.6 Å². The molecule has 1 aliphatic rings. The Morgan fingerprint density at radius 1 is 1.17 bits per heavy atom. The van der Waals surface area contributed by atoms with Crippen molar-refractivity contribution in [2.75, 3.05) is 13.6 Å². The molecule has 30 heavy (non-hydrogen) atoms. The number of alkyl halides is 2. The van der Waals surface area contributed by atoms with Gasteiger partial charge in [0.2, 0.25) is 0 Å². The van der Waals surface area contributed by atoms with Gasteiger partial charge in [-0.1, -0.05) is 48.5 Å². The molecule has 0 radical (unpaired) electrons. The highest BCUT2D eigenvalue weighted by Gasteiger charge is 2.26. The normalized spacial score (nSPS) is 20.2. The van der Waals surface area contributed by atoms with Gasteiger partial charge in [0.1, 0.15) is 5.75 Å². The van der Waals surface area contributed by atoms with Crippen LogP contribution in [0.2, 0.25) is 0 Å². The summed E-state index contributed by atoms with van der Waals surface area (Å²) in [4.78, 5) is 6.79. The highest BCUT2D eigenvalue weighted by molar-refractivity contribution is 5.80. The second-order valence-corrected chi connectivity index (χ2v) is 7.58. The van der Waals surface area contributed by atoms with Gasteiger partial charge in [0, 0.05) is 44.3 Å². The molecule has 0 aliphatic carbocycles. The standard InChI is InChI=1S/C23H30F2N4O/c1-17-14-20(12-13-29(17)16-18-8-4-3-5-9-18)28-23(26-2)27-15-19-10-6-7-11-21(19)30-22(24)25/h3-11,17,20,22H,12-16H2,1-2H3,(H2,26,27,28). The summed E-state index contributed by atoms with van der Waals surface area (Å²) in [6, 6.07) is 18.1. The van der Waals surface area contributed by atoms with E-state index in [4.69, 9.17) is 0 Å². The average molecular weight is 417 g/mol. The number of halogens is 2. The third-order valence-electron chi connectivity index (χ3n) is 5.44. The summed E-state index contributed by atoms with van der Waals surface area (Å²) in [6.45, 7) is 1.74. The molecular weight excluding hydrogens is 386 g/mol. The summed E-state index contributed by atoms with van der Waals surface area (Å²) in [5.74, 6) is 0.842. The Kier molecular flexibility index (Phi) is 8.02. The zero-order valence-corrected chi connectivity index (χ0v) is 17.5. The lowest BCUT2D eigenvalue weighted by Crippen LogP contribution is -2.51. The molecule has 162 valence electrons. The van der Waals surface area contributed by atoms with E-state index in [9.17, 15) is 8.78 Å². The smallest absolute Gasteiger partial charge is 0.387 e. The number of nitrogens with zero attached hydrogens (tertiary/aromatic N) is 2. The first kappa shape index (κ1) is 22.0. The number of benzene rings is 2. The van der Waals surface area contributed by atoms with Gasteiger partial charge in [0.05, 0.1) is 0 Å².